The van der Waals surface area contributed by atoms with E-state index in [2.05, 4.69) is 15.3 Å². The molecule has 0 spiro atoms. The second-order valence-electron chi connectivity index (χ2n) is 5.24. The molecule has 0 fully saturated rings. The predicted molar refractivity (Wildman–Crippen MR) is 86.5 cm³/mol. The average Bonchev–Trinajstić information content (AvgIpc) is 3.04. The zero-order chi connectivity index (χ0) is 17.1. The second kappa shape index (κ2) is 6.49. The molecule has 0 aliphatic rings. The Hall–Kier alpha value is -3.22. The average molecular weight is 325 g/mol. The van der Waals surface area contributed by atoms with E-state index in [1.54, 1.807) is 30.5 Å². The van der Waals surface area contributed by atoms with Crippen LogP contribution in [0.5, 0.6) is 0 Å². The van der Waals surface area contributed by atoms with E-state index < -0.39 is 18.0 Å². The molecule has 0 radical (unpaired) electrons. The highest BCUT2D eigenvalue weighted by Gasteiger charge is 2.20. The molecule has 2 aromatic heterocycles. The molecular formula is C17H15N3O4. The summed E-state index contributed by atoms with van der Waals surface area (Å²) >= 11 is 0. The third-order valence-corrected chi connectivity index (χ3v) is 3.47. The van der Waals surface area contributed by atoms with Gasteiger partial charge in [-0.15, -0.1) is 0 Å². The molecule has 3 rings (SSSR count). The molecule has 3 aromatic rings. The molecule has 122 valence electrons. The summed E-state index contributed by atoms with van der Waals surface area (Å²) in [5.74, 6) is -0.623. The highest BCUT2D eigenvalue weighted by atomic mass is 16.5. The molecule has 1 aromatic carbocycles. The van der Waals surface area contributed by atoms with Crippen molar-refractivity contribution in [2.45, 2.75) is 20.0 Å². The minimum atomic E-state index is -0.966. The number of hydrogen-bond donors (Lipinski definition) is 1. The molecular weight excluding hydrogens is 310 g/mol. The monoisotopic (exact) mass is 325 g/mol. The highest BCUT2D eigenvalue weighted by Crippen LogP contribution is 2.16. The number of carbonyl (C=O) groups is 2. The van der Waals surface area contributed by atoms with E-state index in [0.29, 0.717) is 22.5 Å². The molecule has 1 N–H and O–H groups in total. The first-order chi connectivity index (χ1) is 11.5. The summed E-state index contributed by atoms with van der Waals surface area (Å²) in [6.45, 7) is 3.33. The predicted octanol–water partition coefficient (Wildman–Crippen LogP) is 2.72. The van der Waals surface area contributed by atoms with Gasteiger partial charge in [-0.3, -0.25) is 4.79 Å². The normalized spacial score (nSPS) is 11.9. The Morgan fingerprint density at radius 2 is 2.08 bits per heavy atom. The Balaban J connectivity index is 1.67. The number of anilines is 1. The molecule has 0 bridgehead atoms. The third-order valence-electron chi connectivity index (χ3n) is 3.47. The van der Waals surface area contributed by atoms with E-state index in [9.17, 15) is 9.59 Å². The maximum absolute atomic E-state index is 12.2. The molecule has 0 saturated heterocycles. The first kappa shape index (κ1) is 15.7. The van der Waals surface area contributed by atoms with Gasteiger partial charge in [-0.2, -0.15) is 0 Å². The molecule has 2 heterocycles. The number of nitrogens with zero attached hydrogens (tertiary/aromatic N) is 2. The first-order valence-electron chi connectivity index (χ1n) is 7.31. The van der Waals surface area contributed by atoms with Gasteiger partial charge in [0, 0.05) is 6.20 Å². The summed E-state index contributed by atoms with van der Waals surface area (Å²) in [4.78, 5) is 32.4. The zero-order valence-electron chi connectivity index (χ0n) is 13.1. The molecule has 7 nitrogen and oxygen atoms in total. The van der Waals surface area contributed by atoms with Crippen molar-refractivity contribution in [1.82, 2.24) is 9.97 Å². The molecule has 24 heavy (non-hydrogen) atoms. The van der Waals surface area contributed by atoms with E-state index >= 15 is 0 Å². The van der Waals surface area contributed by atoms with Gasteiger partial charge in [0.25, 0.3) is 5.91 Å². The van der Waals surface area contributed by atoms with Crippen LogP contribution >= 0.6 is 0 Å². The van der Waals surface area contributed by atoms with Gasteiger partial charge in [-0.05, 0) is 43.7 Å². The van der Waals surface area contributed by atoms with Crippen molar-refractivity contribution in [3.05, 3.63) is 54.0 Å². The summed E-state index contributed by atoms with van der Waals surface area (Å²) in [5.41, 5.74) is 2.24. The van der Waals surface area contributed by atoms with E-state index in [4.69, 9.17) is 9.15 Å². The van der Waals surface area contributed by atoms with Crippen LogP contribution in [-0.2, 0) is 9.53 Å². The van der Waals surface area contributed by atoms with Crippen molar-refractivity contribution < 1.29 is 18.7 Å². The summed E-state index contributed by atoms with van der Waals surface area (Å²) < 4.78 is 10.3. The standard InChI is InChI=1S/C17H15N3O4/c1-10-4-3-7-18-15(10)20-16(21)11(2)24-17(22)12-5-6-14-13(8-12)19-9-23-14/h3-9,11H,1-2H3,(H,18,20,21). The Labute approximate surface area is 137 Å². The van der Waals surface area contributed by atoms with Gasteiger partial charge >= 0.3 is 5.97 Å². The summed E-state index contributed by atoms with van der Waals surface area (Å²) in [6, 6.07) is 8.33. The SMILES string of the molecule is Cc1cccnc1NC(=O)C(C)OC(=O)c1ccc2ocnc2c1. The first-order valence-corrected chi connectivity index (χ1v) is 7.31. The third kappa shape index (κ3) is 3.24. The maximum Gasteiger partial charge on any atom is 0.338 e. The van der Waals surface area contributed by atoms with Gasteiger partial charge in [0.1, 0.15) is 11.3 Å². The van der Waals surface area contributed by atoms with E-state index in [1.165, 1.54) is 13.3 Å². The van der Waals surface area contributed by atoms with Gasteiger partial charge in [0.2, 0.25) is 0 Å². The van der Waals surface area contributed by atoms with Crippen molar-refractivity contribution in [2.75, 3.05) is 5.32 Å². The number of oxazole rings is 1. The minimum Gasteiger partial charge on any atom is -0.449 e. The minimum absolute atomic E-state index is 0.296. The smallest absolute Gasteiger partial charge is 0.338 e. The van der Waals surface area contributed by atoms with Crippen molar-refractivity contribution >= 4 is 28.8 Å². The number of nitrogens with one attached hydrogen (secondary N) is 1. The number of amides is 1. The fourth-order valence-corrected chi connectivity index (χ4v) is 2.10. The number of aromatic nitrogens is 2. The van der Waals surface area contributed by atoms with Crippen LogP contribution in [0.4, 0.5) is 5.82 Å². The van der Waals surface area contributed by atoms with E-state index in [-0.39, 0.29) is 0 Å². The summed E-state index contributed by atoms with van der Waals surface area (Å²) in [7, 11) is 0. The number of pyridine rings is 1. The Morgan fingerprint density at radius 1 is 1.25 bits per heavy atom. The number of aryl methyl sites for hydroxylation is 1. The van der Waals surface area contributed by atoms with E-state index in [0.717, 1.165) is 5.56 Å². The molecule has 0 saturated carbocycles. The van der Waals surface area contributed by atoms with Crippen LogP contribution in [0.1, 0.15) is 22.8 Å². The zero-order valence-corrected chi connectivity index (χ0v) is 13.1. The van der Waals surface area contributed by atoms with Crippen LogP contribution in [0.2, 0.25) is 0 Å². The highest BCUT2D eigenvalue weighted by molar-refractivity contribution is 5.98. The number of esters is 1. The second-order valence-corrected chi connectivity index (χ2v) is 5.24. The molecule has 7 heteroatoms. The largest absolute Gasteiger partial charge is 0.449 e. The van der Waals surface area contributed by atoms with Gasteiger partial charge in [0.15, 0.2) is 18.1 Å². The van der Waals surface area contributed by atoms with Crippen LogP contribution in [0, 0.1) is 6.92 Å². The summed E-state index contributed by atoms with van der Waals surface area (Å²) in [5, 5.41) is 2.64. The fourth-order valence-electron chi connectivity index (χ4n) is 2.10. The number of rotatable bonds is 4. The summed E-state index contributed by atoms with van der Waals surface area (Å²) in [6.07, 6.45) is 1.91. The van der Waals surface area contributed by atoms with Crippen molar-refractivity contribution in [3.8, 4) is 0 Å². The number of hydrogen-bond acceptors (Lipinski definition) is 6. The number of fused-ring (bicyclic) bond motifs is 1. The lowest BCUT2D eigenvalue weighted by molar-refractivity contribution is -0.123. The lowest BCUT2D eigenvalue weighted by Crippen LogP contribution is -2.30. The molecule has 1 amide bonds. The maximum atomic E-state index is 12.2. The Kier molecular flexibility index (Phi) is 4.24. The van der Waals surface area contributed by atoms with E-state index in [1.807, 2.05) is 13.0 Å². The lowest BCUT2D eigenvalue weighted by Gasteiger charge is -2.14. The quantitative estimate of drug-likeness (QED) is 0.741. The van der Waals surface area contributed by atoms with Crippen LogP contribution in [0.15, 0.2) is 47.3 Å². The van der Waals surface area contributed by atoms with Crippen molar-refractivity contribution in [2.24, 2.45) is 0 Å². The molecule has 1 unspecified atom stereocenters. The molecule has 0 aliphatic heterocycles. The van der Waals surface area contributed by atoms with Gasteiger partial charge in [-0.1, -0.05) is 6.07 Å². The lowest BCUT2D eigenvalue weighted by atomic mass is 10.2. The number of ether oxygens (including phenoxy) is 1. The van der Waals surface area contributed by atoms with Gasteiger partial charge in [-0.25, -0.2) is 14.8 Å². The number of benzene rings is 1. The van der Waals surface area contributed by atoms with Crippen LogP contribution in [0.25, 0.3) is 11.1 Å². The Morgan fingerprint density at radius 3 is 2.88 bits per heavy atom. The molecule has 0 aliphatic carbocycles. The van der Waals surface area contributed by atoms with Crippen LogP contribution < -0.4 is 5.32 Å². The van der Waals surface area contributed by atoms with Crippen LogP contribution in [0.3, 0.4) is 0 Å². The Bertz CT molecular complexity index is 903. The van der Waals surface area contributed by atoms with Gasteiger partial charge < -0.3 is 14.5 Å². The molecule has 1 atom stereocenters. The topological polar surface area (TPSA) is 94.3 Å². The van der Waals surface area contributed by atoms with Gasteiger partial charge in [0.05, 0.1) is 5.56 Å². The number of carbonyl (C=O) groups excluding carboxylic acids is 2. The van der Waals surface area contributed by atoms with Crippen LogP contribution in [-0.4, -0.2) is 27.9 Å². The fraction of sp³-hybridized carbons (Fsp3) is 0.176. The van der Waals surface area contributed by atoms with Crippen molar-refractivity contribution in [1.29, 1.82) is 0 Å². The van der Waals surface area contributed by atoms with Crippen molar-refractivity contribution in [3.63, 3.8) is 0 Å².